The molecule has 0 spiro atoms. The van der Waals surface area contributed by atoms with Gasteiger partial charge in [0.25, 0.3) is 5.89 Å². The van der Waals surface area contributed by atoms with E-state index in [0.717, 1.165) is 43.1 Å². The van der Waals surface area contributed by atoms with Crippen LogP contribution in [0.5, 0.6) is 0 Å². The van der Waals surface area contributed by atoms with Crippen LogP contribution in [0, 0.1) is 5.92 Å². The zero-order valence-electron chi connectivity index (χ0n) is 15.4. The minimum Gasteiger partial charge on any atom is -0.370 e. The van der Waals surface area contributed by atoms with Gasteiger partial charge in [0.15, 0.2) is 5.82 Å². The Morgan fingerprint density at radius 1 is 1.19 bits per heavy atom. The highest BCUT2D eigenvalue weighted by Crippen LogP contribution is 2.38. The third-order valence-electron chi connectivity index (χ3n) is 5.97. The van der Waals surface area contributed by atoms with Gasteiger partial charge >= 0.3 is 0 Å². The van der Waals surface area contributed by atoms with Crippen LogP contribution >= 0.6 is 0 Å². The fourth-order valence-electron chi connectivity index (χ4n) is 4.25. The molecule has 0 aromatic carbocycles. The molecule has 2 aromatic heterocycles. The first-order valence-electron chi connectivity index (χ1n) is 10.1. The highest BCUT2D eigenvalue weighted by atomic mass is 16.5. The summed E-state index contributed by atoms with van der Waals surface area (Å²) in [4.78, 5) is 23.3. The molecule has 2 saturated carbocycles. The predicted molar refractivity (Wildman–Crippen MR) is 100 cm³/mol. The molecule has 0 radical (unpaired) electrons. The number of aromatic nitrogens is 3. The molecule has 1 aliphatic heterocycles. The molecule has 2 aromatic rings. The Labute approximate surface area is 158 Å². The SMILES string of the molecule is O=C1C[C@H](CNc2ccc(-c3nc(C4CC4)no3)cn2)CN1C1CCCC1. The second-order valence-electron chi connectivity index (χ2n) is 8.10. The maximum Gasteiger partial charge on any atom is 0.259 e. The molecule has 7 nitrogen and oxygen atoms in total. The number of nitrogens with one attached hydrogen (secondary N) is 1. The zero-order chi connectivity index (χ0) is 18.2. The Kier molecular flexibility index (Phi) is 4.30. The number of nitrogens with zero attached hydrogens (tertiary/aromatic N) is 4. The topological polar surface area (TPSA) is 84.2 Å². The second-order valence-corrected chi connectivity index (χ2v) is 8.10. The number of amides is 1. The summed E-state index contributed by atoms with van der Waals surface area (Å²) in [5.41, 5.74) is 0.836. The third kappa shape index (κ3) is 3.55. The first-order chi connectivity index (χ1) is 13.3. The van der Waals surface area contributed by atoms with Gasteiger partial charge in [-0.15, -0.1) is 0 Å². The van der Waals surface area contributed by atoms with E-state index in [1.807, 2.05) is 12.1 Å². The lowest BCUT2D eigenvalue weighted by atomic mass is 10.1. The molecule has 1 amide bonds. The highest BCUT2D eigenvalue weighted by Gasteiger charge is 2.35. The zero-order valence-corrected chi connectivity index (χ0v) is 15.4. The maximum absolute atomic E-state index is 12.3. The minimum atomic E-state index is 0.319. The van der Waals surface area contributed by atoms with Crippen LogP contribution < -0.4 is 5.32 Å². The Bertz CT molecular complexity index is 808. The van der Waals surface area contributed by atoms with Crippen LogP contribution in [0.4, 0.5) is 5.82 Å². The van der Waals surface area contributed by atoms with Crippen LogP contribution in [0.2, 0.25) is 0 Å². The summed E-state index contributed by atoms with van der Waals surface area (Å²) in [6.45, 7) is 1.65. The van der Waals surface area contributed by atoms with Crippen LogP contribution in [-0.2, 0) is 4.79 Å². The van der Waals surface area contributed by atoms with Gasteiger partial charge < -0.3 is 14.7 Å². The van der Waals surface area contributed by atoms with Gasteiger partial charge in [-0.05, 0) is 37.8 Å². The molecule has 0 bridgehead atoms. The molecule has 1 atom stereocenters. The van der Waals surface area contributed by atoms with Crippen LogP contribution in [0.25, 0.3) is 11.5 Å². The van der Waals surface area contributed by atoms with Crippen LogP contribution in [0.15, 0.2) is 22.9 Å². The number of rotatable bonds is 6. The van der Waals surface area contributed by atoms with Crippen molar-refractivity contribution in [3.63, 3.8) is 0 Å². The molecule has 5 rings (SSSR count). The molecule has 3 heterocycles. The van der Waals surface area contributed by atoms with Gasteiger partial charge in [0.05, 0.1) is 5.56 Å². The fourth-order valence-corrected chi connectivity index (χ4v) is 4.25. The van der Waals surface area contributed by atoms with E-state index in [0.29, 0.717) is 36.1 Å². The molecule has 2 aliphatic carbocycles. The van der Waals surface area contributed by atoms with Crippen molar-refractivity contribution in [2.45, 2.75) is 56.9 Å². The van der Waals surface area contributed by atoms with Crippen molar-refractivity contribution in [1.29, 1.82) is 0 Å². The Balaban J connectivity index is 1.16. The lowest BCUT2D eigenvalue weighted by Crippen LogP contribution is -2.34. The quantitative estimate of drug-likeness (QED) is 0.844. The van der Waals surface area contributed by atoms with Crippen molar-refractivity contribution in [3.8, 4) is 11.5 Å². The predicted octanol–water partition coefficient (Wildman–Crippen LogP) is 3.21. The van der Waals surface area contributed by atoms with Crippen LogP contribution in [0.1, 0.15) is 56.7 Å². The number of carbonyl (C=O) groups is 1. The van der Waals surface area contributed by atoms with Crippen molar-refractivity contribution in [2.24, 2.45) is 5.92 Å². The molecule has 1 saturated heterocycles. The molecule has 0 unspecified atom stereocenters. The number of hydrogen-bond donors (Lipinski definition) is 1. The molecule has 1 N–H and O–H groups in total. The number of carbonyl (C=O) groups excluding carboxylic acids is 1. The van der Waals surface area contributed by atoms with E-state index in [1.54, 1.807) is 6.20 Å². The monoisotopic (exact) mass is 367 g/mol. The molecular weight excluding hydrogens is 342 g/mol. The third-order valence-corrected chi connectivity index (χ3v) is 5.97. The van der Waals surface area contributed by atoms with Crippen molar-refractivity contribution < 1.29 is 9.32 Å². The van der Waals surface area contributed by atoms with Gasteiger partial charge in [-0.25, -0.2) is 4.98 Å². The van der Waals surface area contributed by atoms with Gasteiger partial charge in [0, 0.05) is 43.6 Å². The first-order valence-corrected chi connectivity index (χ1v) is 10.1. The number of hydrogen-bond acceptors (Lipinski definition) is 6. The van der Waals surface area contributed by atoms with Gasteiger partial charge in [-0.2, -0.15) is 4.98 Å². The van der Waals surface area contributed by atoms with E-state index in [-0.39, 0.29) is 0 Å². The van der Waals surface area contributed by atoms with Gasteiger partial charge in [0.1, 0.15) is 5.82 Å². The van der Waals surface area contributed by atoms with E-state index < -0.39 is 0 Å². The molecule has 7 heteroatoms. The summed E-state index contributed by atoms with van der Waals surface area (Å²) in [5.74, 6) is 3.31. The number of anilines is 1. The normalized spacial score (nSPS) is 23.3. The van der Waals surface area contributed by atoms with E-state index in [9.17, 15) is 4.79 Å². The average Bonchev–Trinajstić information content (AvgIpc) is 3.10. The summed E-state index contributed by atoms with van der Waals surface area (Å²) < 4.78 is 5.34. The Hall–Kier alpha value is -2.44. The Morgan fingerprint density at radius 3 is 2.78 bits per heavy atom. The van der Waals surface area contributed by atoms with Crippen molar-refractivity contribution in [3.05, 3.63) is 24.2 Å². The van der Waals surface area contributed by atoms with Gasteiger partial charge in [-0.1, -0.05) is 18.0 Å². The molecular formula is C20H25N5O2. The standard InChI is InChI=1S/C20H25N5O2/c26-18-9-13(12-25(18)16-3-1-2-4-16)10-21-17-8-7-15(11-22-17)20-23-19(24-27-20)14-5-6-14/h7-8,11,13-14,16H,1-6,9-10,12H2,(H,21,22)/t13-/m1/s1. The summed E-state index contributed by atoms with van der Waals surface area (Å²) in [5, 5.41) is 7.42. The smallest absolute Gasteiger partial charge is 0.259 e. The largest absolute Gasteiger partial charge is 0.370 e. The van der Waals surface area contributed by atoms with Gasteiger partial charge in [0.2, 0.25) is 5.91 Å². The lowest BCUT2D eigenvalue weighted by molar-refractivity contribution is -0.129. The summed E-state index contributed by atoms with van der Waals surface area (Å²) in [6, 6.07) is 4.36. The van der Waals surface area contributed by atoms with Gasteiger partial charge in [-0.3, -0.25) is 4.79 Å². The second kappa shape index (κ2) is 6.94. The number of likely N-dealkylation sites (tertiary alicyclic amines) is 1. The summed E-state index contributed by atoms with van der Waals surface area (Å²) in [7, 11) is 0. The van der Waals surface area contributed by atoms with E-state index >= 15 is 0 Å². The maximum atomic E-state index is 12.3. The first kappa shape index (κ1) is 16.7. The fraction of sp³-hybridized carbons (Fsp3) is 0.600. The van der Waals surface area contributed by atoms with E-state index in [4.69, 9.17) is 4.52 Å². The molecule has 142 valence electrons. The number of pyridine rings is 1. The molecule has 3 fully saturated rings. The molecule has 27 heavy (non-hydrogen) atoms. The Morgan fingerprint density at radius 2 is 2.04 bits per heavy atom. The lowest BCUT2D eigenvalue weighted by Gasteiger charge is -2.24. The van der Waals surface area contributed by atoms with Crippen molar-refractivity contribution in [2.75, 3.05) is 18.4 Å². The van der Waals surface area contributed by atoms with E-state index in [2.05, 4.69) is 25.3 Å². The van der Waals surface area contributed by atoms with Crippen molar-refractivity contribution >= 4 is 11.7 Å². The minimum absolute atomic E-state index is 0.319. The highest BCUT2D eigenvalue weighted by molar-refractivity contribution is 5.79. The average molecular weight is 367 g/mol. The summed E-state index contributed by atoms with van der Waals surface area (Å²) in [6.07, 6.45) is 9.58. The van der Waals surface area contributed by atoms with Crippen LogP contribution in [0.3, 0.4) is 0 Å². The van der Waals surface area contributed by atoms with Crippen molar-refractivity contribution in [1.82, 2.24) is 20.0 Å². The summed E-state index contributed by atoms with van der Waals surface area (Å²) >= 11 is 0. The van der Waals surface area contributed by atoms with Crippen LogP contribution in [-0.4, -0.2) is 45.1 Å². The van der Waals surface area contributed by atoms with E-state index in [1.165, 1.54) is 25.7 Å². The molecule has 3 aliphatic rings.